The van der Waals surface area contributed by atoms with E-state index in [9.17, 15) is 9.36 Å². The second-order valence-electron chi connectivity index (χ2n) is 5.00. The van der Waals surface area contributed by atoms with Crippen molar-refractivity contribution in [1.82, 2.24) is 0 Å². The van der Waals surface area contributed by atoms with E-state index >= 15 is 0 Å². The molecule has 0 aliphatic rings. The first-order valence-corrected chi connectivity index (χ1v) is 8.41. The summed E-state index contributed by atoms with van der Waals surface area (Å²) in [5.74, 6) is -0.307. The van der Waals surface area contributed by atoms with Crippen molar-refractivity contribution >= 4 is 14.0 Å². The molecule has 0 aromatic heterocycles. The molecule has 2 aromatic rings. The number of para-hydroxylation sites is 1. The van der Waals surface area contributed by atoms with Gasteiger partial charge in [0.1, 0.15) is 12.4 Å². The Morgan fingerprint density at radius 3 is 2.17 bits per heavy atom. The zero-order valence-electron chi connectivity index (χ0n) is 13.0. The Bertz CT molecular complexity index is 659. The van der Waals surface area contributed by atoms with Crippen molar-refractivity contribution in [3.8, 4) is 5.75 Å². The van der Waals surface area contributed by atoms with Crippen LogP contribution < -0.4 is 4.74 Å². The number of esters is 1. The van der Waals surface area contributed by atoms with E-state index in [4.69, 9.17) is 14.0 Å². The van der Waals surface area contributed by atoms with Crippen LogP contribution in [0.1, 0.15) is 12.5 Å². The fraction of sp³-hybridized carbons (Fsp3) is 0.235. The molecule has 0 heterocycles. The minimum Gasteiger partial charge on any atom is -0.466 e. The van der Waals surface area contributed by atoms with Gasteiger partial charge in [-0.2, -0.15) is 0 Å². The zero-order valence-corrected chi connectivity index (χ0v) is 14.0. The van der Waals surface area contributed by atoms with Crippen LogP contribution in [-0.2, 0) is 25.2 Å². The lowest BCUT2D eigenvalue weighted by Gasteiger charge is -2.27. The van der Waals surface area contributed by atoms with E-state index in [1.54, 1.807) is 24.3 Å². The van der Waals surface area contributed by atoms with Gasteiger partial charge in [0.05, 0.1) is 0 Å². The van der Waals surface area contributed by atoms with Gasteiger partial charge in [-0.15, -0.1) is 0 Å². The van der Waals surface area contributed by atoms with Gasteiger partial charge >= 0.3 is 5.97 Å². The van der Waals surface area contributed by atoms with Crippen molar-refractivity contribution in [2.45, 2.75) is 18.9 Å². The van der Waals surface area contributed by atoms with Gasteiger partial charge in [-0.3, -0.25) is 4.57 Å². The molecule has 0 saturated carbocycles. The molecular weight excluding hydrogens is 315 g/mol. The number of carbonyl (C=O) groups is 1. The second kappa shape index (κ2) is 7.95. The smallest absolute Gasteiger partial charge is 0.360 e. The average Bonchev–Trinajstić information content (AvgIpc) is 2.60. The topological polar surface area (TPSA) is 61.8 Å². The average molecular weight is 334 g/mol. The maximum atomic E-state index is 12.4. The summed E-state index contributed by atoms with van der Waals surface area (Å²) in [5, 5.41) is -1.68. The molecule has 5 nitrogen and oxygen atoms in total. The molecule has 2 rings (SSSR count). The zero-order chi connectivity index (χ0) is 16.7. The van der Waals surface area contributed by atoms with E-state index in [0.717, 1.165) is 5.56 Å². The van der Waals surface area contributed by atoms with Gasteiger partial charge < -0.3 is 14.0 Å². The molecule has 2 atom stereocenters. The van der Waals surface area contributed by atoms with Gasteiger partial charge in [-0.05, 0) is 24.6 Å². The molecule has 0 aliphatic carbocycles. The Morgan fingerprint density at radius 2 is 1.61 bits per heavy atom. The molecule has 6 heteroatoms. The van der Waals surface area contributed by atoms with E-state index in [0.29, 0.717) is 5.75 Å². The summed E-state index contributed by atoms with van der Waals surface area (Å²) < 4.78 is 28.0. The van der Waals surface area contributed by atoms with Crippen LogP contribution in [0.4, 0.5) is 0 Å². The highest BCUT2D eigenvalue weighted by Gasteiger charge is 2.44. The molecular formula is C17H19O5P. The molecule has 0 N–H and O–H groups in total. The summed E-state index contributed by atoms with van der Waals surface area (Å²) in [6.07, 6.45) is 0. The summed E-state index contributed by atoms with van der Waals surface area (Å²) in [6.45, 7) is 1.49. The second-order valence-corrected chi connectivity index (χ2v) is 6.94. The monoisotopic (exact) mass is 334 g/mol. The van der Waals surface area contributed by atoms with E-state index in [1.165, 1.54) is 14.0 Å². The fourth-order valence-electron chi connectivity index (χ4n) is 1.95. The fourth-order valence-corrected chi connectivity index (χ4v) is 2.78. The molecule has 122 valence electrons. The van der Waals surface area contributed by atoms with Crippen LogP contribution in [0.2, 0.25) is 0 Å². The summed E-state index contributed by atoms with van der Waals surface area (Å²) in [4.78, 5) is 12.4. The predicted molar refractivity (Wildman–Crippen MR) is 87.7 cm³/mol. The quantitative estimate of drug-likeness (QED) is 0.571. The number of carbonyl (C=O) groups excluding carboxylic acids is 1. The molecule has 0 aliphatic heterocycles. The Balaban J connectivity index is 2.13. The Kier molecular flexibility index (Phi) is 5.97. The van der Waals surface area contributed by atoms with Crippen molar-refractivity contribution in [2.24, 2.45) is 0 Å². The third-order valence-electron chi connectivity index (χ3n) is 3.24. The Labute approximate surface area is 136 Å². The van der Waals surface area contributed by atoms with E-state index in [2.05, 4.69) is 0 Å². The van der Waals surface area contributed by atoms with Crippen LogP contribution in [0.5, 0.6) is 5.75 Å². The van der Waals surface area contributed by atoms with Crippen molar-refractivity contribution in [3.05, 3.63) is 66.2 Å². The first-order chi connectivity index (χ1) is 11.1. The Hall–Kier alpha value is -2.10. The maximum Gasteiger partial charge on any atom is 0.360 e. The molecule has 0 fully saturated rings. The lowest BCUT2D eigenvalue weighted by molar-refractivity contribution is -0.155. The Morgan fingerprint density at radius 1 is 1.04 bits per heavy atom. The van der Waals surface area contributed by atoms with Gasteiger partial charge in [-0.25, -0.2) is 4.79 Å². The third kappa shape index (κ3) is 4.44. The van der Waals surface area contributed by atoms with Crippen LogP contribution in [-0.4, -0.2) is 18.4 Å². The number of hydrogen-bond donors (Lipinski definition) is 0. The molecule has 23 heavy (non-hydrogen) atoms. The SMILES string of the molecule is CO[PH](=O)C(C)(Oc1ccccc1)C(=O)OCc1ccccc1. The van der Waals surface area contributed by atoms with Gasteiger partial charge in [0.15, 0.2) is 0 Å². The maximum absolute atomic E-state index is 12.4. The van der Waals surface area contributed by atoms with Crippen LogP contribution in [0, 0.1) is 0 Å². The van der Waals surface area contributed by atoms with Crippen LogP contribution >= 0.6 is 8.03 Å². The first-order valence-electron chi connectivity index (χ1n) is 7.10. The molecule has 2 aromatic carbocycles. The summed E-state index contributed by atoms with van der Waals surface area (Å²) in [5.41, 5.74) is 0.833. The number of hydrogen-bond acceptors (Lipinski definition) is 5. The number of rotatable bonds is 7. The van der Waals surface area contributed by atoms with E-state index in [1.807, 2.05) is 36.4 Å². The van der Waals surface area contributed by atoms with Gasteiger partial charge in [0.2, 0.25) is 8.03 Å². The normalized spacial score (nSPS) is 14.5. The molecule has 0 bridgehead atoms. The van der Waals surface area contributed by atoms with Crippen molar-refractivity contribution < 1.29 is 23.4 Å². The lowest BCUT2D eigenvalue weighted by Crippen LogP contribution is -2.39. The highest BCUT2D eigenvalue weighted by atomic mass is 31.1. The van der Waals surface area contributed by atoms with Gasteiger partial charge in [0.25, 0.3) is 5.34 Å². The molecule has 0 amide bonds. The van der Waals surface area contributed by atoms with E-state index in [-0.39, 0.29) is 6.61 Å². The summed E-state index contributed by atoms with van der Waals surface area (Å²) in [6, 6.07) is 17.9. The van der Waals surface area contributed by atoms with Gasteiger partial charge in [0, 0.05) is 7.11 Å². The highest BCUT2D eigenvalue weighted by Crippen LogP contribution is 2.41. The van der Waals surface area contributed by atoms with Gasteiger partial charge in [-0.1, -0.05) is 48.5 Å². The van der Waals surface area contributed by atoms with Crippen LogP contribution in [0.3, 0.4) is 0 Å². The van der Waals surface area contributed by atoms with Crippen molar-refractivity contribution in [3.63, 3.8) is 0 Å². The number of ether oxygens (including phenoxy) is 2. The minimum absolute atomic E-state index is 0.0757. The largest absolute Gasteiger partial charge is 0.466 e. The van der Waals surface area contributed by atoms with Crippen molar-refractivity contribution in [2.75, 3.05) is 7.11 Å². The van der Waals surface area contributed by atoms with Crippen LogP contribution in [0.15, 0.2) is 60.7 Å². The third-order valence-corrected chi connectivity index (χ3v) is 4.70. The molecule has 0 saturated heterocycles. The van der Waals surface area contributed by atoms with Crippen LogP contribution in [0.25, 0.3) is 0 Å². The highest BCUT2D eigenvalue weighted by molar-refractivity contribution is 7.42. The lowest BCUT2D eigenvalue weighted by atomic mass is 10.2. The van der Waals surface area contributed by atoms with E-state index < -0.39 is 19.3 Å². The summed E-state index contributed by atoms with van der Waals surface area (Å²) >= 11 is 0. The molecule has 2 unspecified atom stereocenters. The number of benzene rings is 2. The first kappa shape index (κ1) is 17.3. The molecule has 0 spiro atoms. The molecule has 0 radical (unpaired) electrons. The standard InChI is InChI=1S/C17H19O5P/c1-17(23(19)20-2,22-15-11-7-4-8-12-15)16(18)21-13-14-9-5-3-6-10-14/h3-12,23H,13H2,1-2H3. The van der Waals surface area contributed by atoms with Crippen molar-refractivity contribution in [1.29, 1.82) is 0 Å². The minimum atomic E-state index is -2.81. The summed E-state index contributed by atoms with van der Waals surface area (Å²) in [7, 11) is -1.54. The predicted octanol–water partition coefficient (Wildman–Crippen LogP) is 3.65.